The minimum Gasteiger partial charge on any atom is -0.497 e. The molecule has 0 radical (unpaired) electrons. The average molecular weight is 508 g/mol. The summed E-state index contributed by atoms with van der Waals surface area (Å²) in [7, 11) is 1.51. The third kappa shape index (κ3) is 3.84. The Morgan fingerprint density at radius 1 is 1.21 bits per heavy atom. The molecule has 5 rings (SSSR count). The molecule has 0 amide bonds. The maximum Gasteiger partial charge on any atom is 0.408 e. The van der Waals surface area contributed by atoms with E-state index in [4.69, 9.17) is 16.3 Å². The SMILES string of the molecule is COc1ccc(Cl)c(-c2cc3[nH]c(=O)n(-c4cncc5nn(CC(F)(F)F)cc45)c(=O)c3s2)c1. The first-order valence-corrected chi connectivity index (χ1v) is 10.8. The molecule has 0 aliphatic carbocycles. The summed E-state index contributed by atoms with van der Waals surface area (Å²) in [4.78, 5) is 33.4. The van der Waals surface area contributed by atoms with E-state index in [1.165, 1.54) is 19.5 Å². The molecule has 0 bridgehead atoms. The molecule has 0 aliphatic rings. The van der Waals surface area contributed by atoms with Crippen molar-refractivity contribution < 1.29 is 17.9 Å². The molecule has 5 aromatic rings. The second-order valence-electron chi connectivity index (χ2n) is 7.30. The third-order valence-corrected chi connectivity index (χ3v) is 6.54. The summed E-state index contributed by atoms with van der Waals surface area (Å²) in [6.07, 6.45) is -0.862. The predicted octanol–water partition coefficient (Wildman–Crippen LogP) is 4.38. The lowest BCUT2D eigenvalue weighted by atomic mass is 10.2. The number of nitrogens with zero attached hydrogens (tertiary/aromatic N) is 4. The fourth-order valence-corrected chi connectivity index (χ4v) is 4.95. The van der Waals surface area contributed by atoms with Gasteiger partial charge in [0.25, 0.3) is 5.56 Å². The number of benzene rings is 1. The molecule has 13 heteroatoms. The molecule has 0 spiro atoms. The van der Waals surface area contributed by atoms with Gasteiger partial charge in [-0.05, 0) is 24.3 Å². The number of pyridine rings is 1. The molecule has 34 heavy (non-hydrogen) atoms. The number of hydrogen-bond acceptors (Lipinski definition) is 6. The van der Waals surface area contributed by atoms with Gasteiger partial charge in [0, 0.05) is 27.0 Å². The highest BCUT2D eigenvalue weighted by Crippen LogP contribution is 2.37. The van der Waals surface area contributed by atoms with Gasteiger partial charge in [0.1, 0.15) is 22.5 Å². The lowest BCUT2D eigenvalue weighted by Crippen LogP contribution is -2.33. The van der Waals surface area contributed by atoms with E-state index in [1.807, 2.05) is 0 Å². The number of fused-ring (bicyclic) bond motifs is 2. The first-order valence-electron chi connectivity index (χ1n) is 9.66. The first-order chi connectivity index (χ1) is 16.1. The smallest absolute Gasteiger partial charge is 0.408 e. The molecule has 4 heterocycles. The van der Waals surface area contributed by atoms with Crippen LogP contribution in [0.1, 0.15) is 0 Å². The Morgan fingerprint density at radius 2 is 2.00 bits per heavy atom. The van der Waals surface area contributed by atoms with Crippen LogP contribution in [0.2, 0.25) is 5.02 Å². The van der Waals surface area contributed by atoms with E-state index in [1.54, 1.807) is 24.3 Å². The highest BCUT2D eigenvalue weighted by Gasteiger charge is 2.29. The van der Waals surface area contributed by atoms with Crippen molar-refractivity contribution in [3.63, 3.8) is 0 Å². The molecule has 1 aromatic carbocycles. The molecular weight excluding hydrogens is 495 g/mol. The molecule has 1 N–H and O–H groups in total. The van der Waals surface area contributed by atoms with Crippen molar-refractivity contribution in [3.8, 4) is 21.9 Å². The van der Waals surface area contributed by atoms with Crippen molar-refractivity contribution in [3.05, 3.63) is 68.7 Å². The lowest BCUT2D eigenvalue weighted by Gasteiger charge is -2.05. The minimum atomic E-state index is -4.49. The maximum absolute atomic E-state index is 13.3. The van der Waals surface area contributed by atoms with Crippen LogP contribution in [0.4, 0.5) is 13.2 Å². The number of ether oxygens (including phenoxy) is 1. The third-order valence-electron chi connectivity index (χ3n) is 5.06. The standard InChI is InChI=1S/C21H13ClF3N5O3S/c1-33-10-2-3-13(22)11(4-10)17-5-14-18(34-17)19(31)30(20(32)27-14)16-7-26-6-15-12(16)8-29(28-15)9-21(23,24)25/h2-8H,9H2,1H3,(H,27,32). The summed E-state index contributed by atoms with van der Waals surface area (Å²) in [5.41, 5.74) is -0.357. The number of methoxy groups -OCH3 is 1. The zero-order valence-corrected chi connectivity index (χ0v) is 18.8. The zero-order valence-electron chi connectivity index (χ0n) is 17.2. The number of thiophene rings is 1. The van der Waals surface area contributed by atoms with Crippen molar-refractivity contribution in [1.29, 1.82) is 0 Å². The van der Waals surface area contributed by atoms with Crippen molar-refractivity contribution >= 4 is 44.1 Å². The molecule has 174 valence electrons. The molecule has 0 saturated heterocycles. The second-order valence-corrected chi connectivity index (χ2v) is 8.76. The lowest BCUT2D eigenvalue weighted by molar-refractivity contribution is -0.142. The second kappa shape index (κ2) is 7.99. The molecule has 4 aromatic heterocycles. The van der Waals surface area contributed by atoms with Gasteiger partial charge in [-0.2, -0.15) is 18.3 Å². The topological polar surface area (TPSA) is 94.8 Å². The number of hydrogen-bond donors (Lipinski definition) is 1. The van der Waals surface area contributed by atoms with Crippen molar-refractivity contribution in [2.75, 3.05) is 7.11 Å². The fraction of sp³-hybridized carbons (Fsp3) is 0.143. The number of nitrogens with one attached hydrogen (secondary N) is 1. The summed E-state index contributed by atoms with van der Waals surface area (Å²) < 4.78 is 45.4. The molecule has 0 aliphatic heterocycles. The number of aromatic nitrogens is 5. The van der Waals surface area contributed by atoms with Gasteiger partial charge in [-0.15, -0.1) is 11.3 Å². The van der Waals surface area contributed by atoms with E-state index in [0.717, 1.165) is 22.1 Å². The number of rotatable bonds is 4. The molecular formula is C21H13ClF3N5O3S. The van der Waals surface area contributed by atoms with E-state index in [9.17, 15) is 22.8 Å². The Balaban J connectivity index is 1.70. The number of halogens is 4. The van der Waals surface area contributed by atoms with Crippen molar-refractivity contribution in [2.24, 2.45) is 0 Å². The monoisotopic (exact) mass is 507 g/mol. The van der Waals surface area contributed by atoms with Gasteiger partial charge in [0.15, 0.2) is 0 Å². The van der Waals surface area contributed by atoms with Gasteiger partial charge in [-0.25, -0.2) is 9.36 Å². The van der Waals surface area contributed by atoms with Gasteiger partial charge in [0.2, 0.25) is 0 Å². The highest BCUT2D eigenvalue weighted by atomic mass is 35.5. The first kappa shape index (κ1) is 22.2. The van der Waals surface area contributed by atoms with Crippen LogP contribution in [0.3, 0.4) is 0 Å². The predicted molar refractivity (Wildman–Crippen MR) is 122 cm³/mol. The molecule has 0 fully saturated rings. The van der Waals surface area contributed by atoms with E-state index in [-0.39, 0.29) is 21.3 Å². The molecule has 0 unspecified atom stereocenters. The normalized spacial score (nSPS) is 12.0. The Bertz CT molecular complexity index is 1690. The van der Waals surface area contributed by atoms with E-state index in [2.05, 4.69) is 15.1 Å². The summed E-state index contributed by atoms with van der Waals surface area (Å²) in [5.74, 6) is 0.566. The summed E-state index contributed by atoms with van der Waals surface area (Å²) in [5, 5.41) is 4.47. The maximum atomic E-state index is 13.3. The van der Waals surface area contributed by atoms with E-state index >= 15 is 0 Å². The Kier molecular flexibility index (Phi) is 5.21. The molecule has 0 atom stereocenters. The number of alkyl halides is 3. The zero-order chi connectivity index (χ0) is 24.2. The van der Waals surface area contributed by atoms with Gasteiger partial charge < -0.3 is 9.72 Å². The van der Waals surface area contributed by atoms with Crippen LogP contribution in [0.5, 0.6) is 5.75 Å². The number of H-pyrrole nitrogens is 1. The van der Waals surface area contributed by atoms with Crippen LogP contribution >= 0.6 is 22.9 Å². The quantitative estimate of drug-likeness (QED) is 0.389. The van der Waals surface area contributed by atoms with E-state index < -0.39 is 24.0 Å². The summed E-state index contributed by atoms with van der Waals surface area (Å²) in [6, 6.07) is 6.70. The van der Waals surface area contributed by atoms with Crippen molar-refractivity contribution in [1.82, 2.24) is 24.3 Å². The van der Waals surface area contributed by atoms with Crippen LogP contribution in [0.25, 0.3) is 37.2 Å². The van der Waals surface area contributed by atoms with Crippen molar-refractivity contribution in [2.45, 2.75) is 12.7 Å². The average Bonchev–Trinajstić information content (AvgIpc) is 3.37. The summed E-state index contributed by atoms with van der Waals surface area (Å²) in [6.45, 7) is -1.32. The van der Waals surface area contributed by atoms with Crippen LogP contribution in [0, 0.1) is 0 Å². The molecule has 8 nitrogen and oxygen atoms in total. The van der Waals surface area contributed by atoms with E-state index in [0.29, 0.717) is 31.4 Å². The largest absolute Gasteiger partial charge is 0.497 e. The Labute approximate surface area is 196 Å². The van der Waals surface area contributed by atoms with Gasteiger partial charge >= 0.3 is 11.9 Å². The van der Waals surface area contributed by atoms with Crippen LogP contribution in [0.15, 0.2) is 52.4 Å². The van der Waals surface area contributed by atoms with Crippen LogP contribution in [-0.2, 0) is 6.54 Å². The number of aromatic amines is 1. The highest BCUT2D eigenvalue weighted by molar-refractivity contribution is 7.22. The Morgan fingerprint density at radius 3 is 2.74 bits per heavy atom. The van der Waals surface area contributed by atoms with Gasteiger partial charge in [-0.1, -0.05) is 11.6 Å². The van der Waals surface area contributed by atoms with Crippen LogP contribution < -0.4 is 16.0 Å². The minimum absolute atomic E-state index is 0.0217. The van der Waals surface area contributed by atoms with Gasteiger partial charge in [-0.3, -0.25) is 14.5 Å². The molecule has 0 saturated carbocycles. The fourth-order valence-electron chi connectivity index (χ4n) is 3.60. The van der Waals surface area contributed by atoms with Crippen LogP contribution in [-0.4, -0.2) is 37.6 Å². The Hall–Kier alpha value is -3.64. The van der Waals surface area contributed by atoms with Gasteiger partial charge in [0.05, 0.1) is 30.7 Å². The summed E-state index contributed by atoms with van der Waals surface area (Å²) >= 11 is 7.44.